The normalized spacial score (nSPS) is 34.3. The van der Waals surface area contributed by atoms with Crippen LogP contribution < -0.4 is 10.6 Å². The van der Waals surface area contributed by atoms with E-state index in [9.17, 15) is 19.5 Å². The molecule has 3 aliphatic heterocycles. The van der Waals surface area contributed by atoms with E-state index in [0.29, 0.717) is 11.3 Å². The van der Waals surface area contributed by atoms with Crippen LogP contribution in [0.25, 0.3) is 0 Å². The Morgan fingerprint density at radius 3 is 2.46 bits per heavy atom. The van der Waals surface area contributed by atoms with Gasteiger partial charge in [0.05, 0.1) is 5.69 Å². The molecule has 1 spiro atoms. The van der Waals surface area contributed by atoms with Crippen molar-refractivity contribution in [1.29, 1.82) is 0 Å². The molecular formula is C19H24N3O4+. The van der Waals surface area contributed by atoms with Gasteiger partial charge in [-0.15, -0.1) is 0 Å². The van der Waals surface area contributed by atoms with E-state index in [1.54, 1.807) is 39.1 Å². The molecular weight excluding hydrogens is 334 g/mol. The molecule has 3 aliphatic rings. The van der Waals surface area contributed by atoms with E-state index >= 15 is 0 Å². The third-order valence-electron chi connectivity index (χ3n) is 5.94. The van der Waals surface area contributed by atoms with Gasteiger partial charge in [-0.2, -0.15) is 0 Å². The van der Waals surface area contributed by atoms with E-state index < -0.39 is 35.1 Å². The van der Waals surface area contributed by atoms with Crippen molar-refractivity contribution in [2.75, 3.05) is 5.32 Å². The van der Waals surface area contributed by atoms with Crippen LogP contribution in [0.2, 0.25) is 0 Å². The standard InChI is InChI=1S/C19H23N3O4/c1-9(23)14-12-13(16(25)22(15(12)24)18(2,3)4)19(21-14)10-7-5-6-8-11(10)20-17(19)26/h5-9,12-14,21,23H,1-4H3,(H,20,26)/p+1/t9-,12+,13+,14-,19+/m1/s1. The molecule has 1 aromatic carbocycles. The van der Waals surface area contributed by atoms with Crippen molar-refractivity contribution in [3.05, 3.63) is 29.8 Å². The van der Waals surface area contributed by atoms with E-state index in [2.05, 4.69) is 5.32 Å². The summed E-state index contributed by atoms with van der Waals surface area (Å²) in [6.45, 7) is 7.02. The zero-order valence-electron chi connectivity index (χ0n) is 15.3. The van der Waals surface area contributed by atoms with Crippen molar-refractivity contribution < 1.29 is 24.8 Å². The number of nitrogens with one attached hydrogen (secondary N) is 1. The number of carbonyl (C=O) groups excluding carboxylic acids is 3. The number of carbonyl (C=O) groups is 3. The number of quaternary nitrogens is 1. The number of imide groups is 1. The third-order valence-corrected chi connectivity index (χ3v) is 5.94. The summed E-state index contributed by atoms with van der Waals surface area (Å²) >= 11 is 0. The Bertz CT molecular complexity index is 828. The summed E-state index contributed by atoms with van der Waals surface area (Å²) in [6.07, 6.45) is -0.834. The lowest BCUT2D eigenvalue weighted by atomic mass is 9.76. The van der Waals surface area contributed by atoms with Crippen LogP contribution in [-0.4, -0.2) is 45.4 Å². The van der Waals surface area contributed by atoms with Gasteiger partial charge in [-0.3, -0.25) is 19.3 Å². The molecule has 5 atom stereocenters. The summed E-state index contributed by atoms with van der Waals surface area (Å²) in [5, 5.41) is 14.9. The zero-order chi connectivity index (χ0) is 19.0. The van der Waals surface area contributed by atoms with Crippen LogP contribution in [0.15, 0.2) is 24.3 Å². The van der Waals surface area contributed by atoms with Crippen molar-refractivity contribution >= 4 is 23.4 Å². The van der Waals surface area contributed by atoms with Crippen LogP contribution in [0.3, 0.4) is 0 Å². The second kappa shape index (κ2) is 5.14. The Labute approximate surface area is 151 Å². The van der Waals surface area contributed by atoms with Crippen molar-refractivity contribution in [3.63, 3.8) is 0 Å². The molecule has 0 radical (unpaired) electrons. The van der Waals surface area contributed by atoms with Crippen LogP contribution in [0, 0.1) is 11.8 Å². The molecule has 138 valence electrons. The SMILES string of the molecule is C[C@@H](O)[C@H]1[NH2+][C@]2(C(=O)Nc3ccccc32)[C@@H]2C(=O)N(C(C)(C)C)C(=O)[C@H]12. The van der Waals surface area contributed by atoms with Gasteiger partial charge < -0.3 is 15.7 Å². The lowest BCUT2D eigenvalue weighted by molar-refractivity contribution is -0.738. The van der Waals surface area contributed by atoms with Gasteiger partial charge in [0.1, 0.15) is 24.0 Å². The summed E-state index contributed by atoms with van der Waals surface area (Å²) in [6, 6.07) is 6.70. The molecule has 7 heteroatoms. The maximum Gasteiger partial charge on any atom is 0.291 e. The fourth-order valence-corrected chi connectivity index (χ4v) is 4.94. The largest absolute Gasteiger partial charge is 0.387 e. The number of hydrogen-bond acceptors (Lipinski definition) is 4. The van der Waals surface area contributed by atoms with Crippen molar-refractivity contribution in [3.8, 4) is 0 Å². The Hall–Kier alpha value is -2.25. The number of likely N-dealkylation sites (tertiary alicyclic amines) is 1. The summed E-state index contributed by atoms with van der Waals surface area (Å²) < 4.78 is 0. The predicted octanol–water partition coefficient (Wildman–Crippen LogP) is -0.440. The van der Waals surface area contributed by atoms with Crippen molar-refractivity contribution in [2.24, 2.45) is 11.8 Å². The van der Waals surface area contributed by atoms with Crippen LogP contribution in [-0.2, 0) is 19.9 Å². The van der Waals surface area contributed by atoms with E-state index in [4.69, 9.17) is 0 Å². The minimum atomic E-state index is -1.21. The Kier molecular flexibility index (Phi) is 3.40. The molecule has 1 aromatic rings. The number of hydrogen-bond donors (Lipinski definition) is 3. The second-order valence-electron chi connectivity index (χ2n) is 8.54. The van der Waals surface area contributed by atoms with E-state index in [1.807, 2.05) is 18.2 Å². The van der Waals surface area contributed by atoms with E-state index in [-0.39, 0.29) is 17.7 Å². The summed E-state index contributed by atoms with van der Waals surface area (Å²) in [4.78, 5) is 40.9. The molecule has 4 rings (SSSR count). The molecule has 0 unspecified atom stereocenters. The summed E-state index contributed by atoms with van der Waals surface area (Å²) in [5.74, 6) is -2.48. The predicted molar refractivity (Wildman–Crippen MR) is 92.7 cm³/mol. The smallest absolute Gasteiger partial charge is 0.291 e. The molecule has 2 fully saturated rings. The number of para-hydroxylation sites is 1. The highest BCUT2D eigenvalue weighted by Gasteiger charge is 2.75. The molecule has 0 bridgehead atoms. The van der Waals surface area contributed by atoms with Crippen LogP contribution in [0.5, 0.6) is 0 Å². The molecule has 0 aromatic heterocycles. The van der Waals surface area contributed by atoms with Crippen molar-refractivity contribution in [2.45, 2.75) is 50.9 Å². The number of nitrogens with two attached hydrogens (primary N) is 1. The average Bonchev–Trinajstić information content (AvgIpc) is 3.12. The Morgan fingerprint density at radius 2 is 1.85 bits per heavy atom. The molecule has 4 N–H and O–H groups in total. The summed E-state index contributed by atoms with van der Waals surface area (Å²) in [7, 11) is 0. The number of rotatable bonds is 1. The molecule has 3 amide bonds. The highest BCUT2D eigenvalue weighted by Crippen LogP contribution is 2.50. The number of benzene rings is 1. The number of aliphatic hydroxyl groups excluding tert-OH is 1. The maximum absolute atomic E-state index is 13.4. The third kappa shape index (κ3) is 1.92. The lowest BCUT2D eigenvalue weighted by Gasteiger charge is -2.33. The van der Waals surface area contributed by atoms with Gasteiger partial charge in [0.2, 0.25) is 17.4 Å². The van der Waals surface area contributed by atoms with Crippen LogP contribution >= 0.6 is 0 Å². The van der Waals surface area contributed by atoms with Gasteiger partial charge in [0, 0.05) is 11.1 Å². The van der Waals surface area contributed by atoms with Gasteiger partial charge in [-0.1, -0.05) is 18.2 Å². The minimum Gasteiger partial charge on any atom is -0.387 e. The molecule has 2 saturated heterocycles. The number of fused-ring (bicyclic) bond motifs is 4. The summed E-state index contributed by atoms with van der Waals surface area (Å²) in [5.41, 5.74) is -0.527. The molecule has 0 aliphatic carbocycles. The Balaban J connectivity index is 1.93. The first-order chi connectivity index (χ1) is 12.1. The highest BCUT2D eigenvalue weighted by molar-refractivity contribution is 6.14. The number of aliphatic hydroxyl groups is 1. The number of amides is 3. The van der Waals surface area contributed by atoms with E-state index in [1.165, 1.54) is 4.90 Å². The van der Waals surface area contributed by atoms with Gasteiger partial charge >= 0.3 is 0 Å². The first kappa shape index (κ1) is 17.2. The minimum absolute atomic E-state index is 0.297. The topological polar surface area (TPSA) is 103 Å². The maximum atomic E-state index is 13.4. The molecule has 3 heterocycles. The monoisotopic (exact) mass is 358 g/mol. The van der Waals surface area contributed by atoms with Crippen LogP contribution in [0.4, 0.5) is 5.69 Å². The van der Waals surface area contributed by atoms with Gasteiger partial charge in [0.25, 0.3) is 5.91 Å². The van der Waals surface area contributed by atoms with E-state index in [0.717, 1.165) is 0 Å². The van der Waals surface area contributed by atoms with Crippen molar-refractivity contribution in [1.82, 2.24) is 4.90 Å². The fourth-order valence-electron chi connectivity index (χ4n) is 4.94. The van der Waals surface area contributed by atoms with Gasteiger partial charge in [-0.25, -0.2) is 0 Å². The fraction of sp³-hybridized carbons (Fsp3) is 0.526. The lowest BCUT2D eigenvalue weighted by Crippen LogP contribution is -3.00. The van der Waals surface area contributed by atoms with Gasteiger partial charge in [0.15, 0.2) is 0 Å². The number of anilines is 1. The first-order valence-corrected chi connectivity index (χ1v) is 8.93. The average molecular weight is 358 g/mol. The van der Waals surface area contributed by atoms with Crippen LogP contribution in [0.1, 0.15) is 33.3 Å². The van der Waals surface area contributed by atoms with Gasteiger partial charge in [-0.05, 0) is 33.8 Å². The molecule has 26 heavy (non-hydrogen) atoms. The Morgan fingerprint density at radius 1 is 1.19 bits per heavy atom. The first-order valence-electron chi connectivity index (χ1n) is 8.93. The molecule has 7 nitrogen and oxygen atoms in total. The quantitative estimate of drug-likeness (QED) is 0.592. The molecule has 0 saturated carbocycles. The highest BCUT2D eigenvalue weighted by atomic mass is 16.3. The zero-order valence-corrected chi connectivity index (χ0v) is 15.3. The second-order valence-corrected chi connectivity index (χ2v) is 8.54. The number of nitrogens with zero attached hydrogens (tertiary/aromatic N) is 1.